The molecule has 3 aromatic rings. The third kappa shape index (κ3) is 5.10. The summed E-state index contributed by atoms with van der Waals surface area (Å²) in [5, 5.41) is 6.28. The Morgan fingerprint density at radius 3 is 2.39 bits per heavy atom. The van der Waals surface area contributed by atoms with E-state index in [1.807, 2.05) is 17.5 Å². The van der Waals surface area contributed by atoms with Gasteiger partial charge in [0.15, 0.2) is 5.13 Å². The lowest BCUT2D eigenvalue weighted by Crippen LogP contribution is -2.43. The molecule has 2 aromatic carbocycles. The molecule has 4 rings (SSSR count). The van der Waals surface area contributed by atoms with Gasteiger partial charge in [0, 0.05) is 34.1 Å². The van der Waals surface area contributed by atoms with Gasteiger partial charge in [-0.05, 0) is 49.2 Å². The number of thiazole rings is 1. The average molecular weight is 496 g/mol. The number of anilines is 1. The number of rotatable bonds is 5. The van der Waals surface area contributed by atoms with Gasteiger partial charge in [-0.15, -0.1) is 11.3 Å². The van der Waals surface area contributed by atoms with Crippen LogP contribution in [0.1, 0.15) is 12.8 Å². The number of carbonyl (C=O) groups is 1. The molecule has 0 aliphatic carbocycles. The number of carbonyl (C=O) groups excluding carboxylic acids is 1. The van der Waals surface area contributed by atoms with Crippen molar-refractivity contribution < 1.29 is 13.2 Å². The van der Waals surface area contributed by atoms with E-state index >= 15 is 0 Å². The number of amides is 1. The van der Waals surface area contributed by atoms with Gasteiger partial charge in [0.05, 0.1) is 16.5 Å². The summed E-state index contributed by atoms with van der Waals surface area (Å²) in [5.74, 6) is -0.674. The van der Waals surface area contributed by atoms with E-state index in [4.69, 9.17) is 23.2 Å². The summed E-state index contributed by atoms with van der Waals surface area (Å²) in [7, 11) is -3.68. The second-order valence-electron chi connectivity index (χ2n) is 7.19. The second-order valence-corrected chi connectivity index (χ2v) is 10.9. The first kappa shape index (κ1) is 22.2. The predicted octanol–water partition coefficient (Wildman–Crippen LogP) is 5.16. The van der Waals surface area contributed by atoms with Crippen LogP contribution >= 0.6 is 34.5 Å². The van der Waals surface area contributed by atoms with Gasteiger partial charge in [-0.25, -0.2) is 13.4 Å². The van der Waals surface area contributed by atoms with Crippen LogP contribution < -0.4 is 5.32 Å². The van der Waals surface area contributed by atoms with E-state index in [1.165, 1.54) is 27.8 Å². The number of piperidine rings is 1. The Bertz CT molecular complexity index is 1180. The molecule has 1 aliphatic heterocycles. The molecule has 1 fully saturated rings. The first-order valence-corrected chi connectivity index (χ1v) is 12.7. The molecule has 1 aromatic heterocycles. The number of nitrogens with zero attached hydrogens (tertiary/aromatic N) is 2. The monoisotopic (exact) mass is 495 g/mol. The number of benzene rings is 2. The molecule has 1 unspecified atom stereocenters. The molecule has 0 spiro atoms. The molecule has 1 aliphatic rings. The van der Waals surface area contributed by atoms with Gasteiger partial charge in [0.1, 0.15) is 0 Å². The zero-order valence-corrected chi connectivity index (χ0v) is 19.4. The fourth-order valence-electron chi connectivity index (χ4n) is 3.42. The largest absolute Gasteiger partial charge is 0.302 e. The molecule has 31 heavy (non-hydrogen) atoms. The van der Waals surface area contributed by atoms with E-state index in [2.05, 4.69) is 10.3 Å². The van der Waals surface area contributed by atoms with Gasteiger partial charge in [-0.3, -0.25) is 4.79 Å². The topological polar surface area (TPSA) is 79.4 Å². The van der Waals surface area contributed by atoms with Crippen LogP contribution in [0.3, 0.4) is 0 Å². The van der Waals surface area contributed by atoms with Gasteiger partial charge in [-0.2, -0.15) is 4.31 Å². The highest BCUT2D eigenvalue weighted by molar-refractivity contribution is 7.89. The summed E-state index contributed by atoms with van der Waals surface area (Å²) in [6.07, 6.45) is 1.23. The van der Waals surface area contributed by atoms with Crippen LogP contribution in [0.2, 0.25) is 10.0 Å². The van der Waals surface area contributed by atoms with Gasteiger partial charge >= 0.3 is 0 Å². The van der Waals surface area contributed by atoms with Crippen molar-refractivity contribution in [1.29, 1.82) is 0 Å². The highest BCUT2D eigenvalue weighted by Gasteiger charge is 2.33. The third-order valence-corrected chi connectivity index (χ3v) is 8.22. The highest BCUT2D eigenvalue weighted by atomic mass is 35.5. The van der Waals surface area contributed by atoms with Crippen LogP contribution in [0.4, 0.5) is 5.13 Å². The highest BCUT2D eigenvalue weighted by Crippen LogP contribution is 2.28. The molecule has 6 nitrogen and oxygen atoms in total. The Labute approximate surface area is 194 Å². The minimum atomic E-state index is -3.68. The quantitative estimate of drug-likeness (QED) is 0.530. The molecule has 0 bridgehead atoms. The van der Waals surface area contributed by atoms with Crippen molar-refractivity contribution in [2.45, 2.75) is 17.7 Å². The Morgan fingerprint density at radius 1 is 1.06 bits per heavy atom. The molecular formula is C21H19Cl2N3O3S2. The van der Waals surface area contributed by atoms with Gasteiger partial charge in [-0.1, -0.05) is 35.3 Å². The van der Waals surface area contributed by atoms with Crippen LogP contribution in [0, 0.1) is 5.92 Å². The van der Waals surface area contributed by atoms with Crippen LogP contribution in [0.25, 0.3) is 11.3 Å². The van der Waals surface area contributed by atoms with E-state index in [0.717, 1.165) is 11.3 Å². The molecule has 1 amide bonds. The van der Waals surface area contributed by atoms with Gasteiger partial charge in [0.2, 0.25) is 15.9 Å². The van der Waals surface area contributed by atoms with Crippen molar-refractivity contribution in [3.63, 3.8) is 0 Å². The molecule has 0 saturated carbocycles. The fourth-order valence-corrected chi connectivity index (χ4v) is 5.92. The van der Waals surface area contributed by atoms with Crippen molar-refractivity contribution in [2.24, 2.45) is 5.92 Å². The Balaban J connectivity index is 1.43. The maximum atomic E-state index is 12.9. The Kier molecular flexibility index (Phi) is 6.64. The van der Waals surface area contributed by atoms with Gasteiger partial charge in [0.25, 0.3) is 0 Å². The number of nitrogens with one attached hydrogen (secondary N) is 1. The predicted molar refractivity (Wildman–Crippen MR) is 124 cm³/mol. The minimum absolute atomic E-state index is 0.131. The summed E-state index contributed by atoms with van der Waals surface area (Å²) in [5.41, 5.74) is 1.65. The first-order valence-electron chi connectivity index (χ1n) is 9.61. The summed E-state index contributed by atoms with van der Waals surface area (Å²) >= 11 is 13.1. The maximum Gasteiger partial charge on any atom is 0.243 e. The Morgan fingerprint density at radius 2 is 1.71 bits per heavy atom. The van der Waals surface area contributed by atoms with Crippen LogP contribution in [0.15, 0.2) is 58.8 Å². The fraction of sp³-hybridized carbons (Fsp3) is 0.238. The van der Waals surface area contributed by atoms with Crippen LogP contribution in [0.5, 0.6) is 0 Å². The molecule has 1 atom stereocenters. The summed E-state index contributed by atoms with van der Waals surface area (Å²) in [4.78, 5) is 17.5. The third-order valence-electron chi connectivity index (χ3n) is 5.08. The molecule has 1 N–H and O–H groups in total. The summed E-state index contributed by atoms with van der Waals surface area (Å²) < 4.78 is 27.2. The second kappa shape index (κ2) is 9.26. The Hall–Kier alpha value is -1.97. The zero-order valence-electron chi connectivity index (χ0n) is 16.3. The lowest BCUT2D eigenvalue weighted by Gasteiger charge is -2.31. The van der Waals surface area contributed by atoms with Crippen molar-refractivity contribution >= 4 is 55.6 Å². The van der Waals surface area contributed by atoms with Crippen LogP contribution in [-0.4, -0.2) is 36.7 Å². The van der Waals surface area contributed by atoms with Crippen LogP contribution in [-0.2, 0) is 14.8 Å². The average Bonchev–Trinajstić information content (AvgIpc) is 3.23. The minimum Gasteiger partial charge on any atom is -0.302 e. The standard InChI is InChI=1S/C21H19Cl2N3O3S2/c22-16-5-3-14(4-6-16)19-13-30-21(24-19)25-20(27)15-2-1-11-26(12-15)31(28,29)18-9-7-17(23)8-10-18/h3-10,13,15H,1-2,11-12H2,(H,24,25,27). The van der Waals surface area contributed by atoms with E-state index in [-0.39, 0.29) is 17.3 Å². The first-order chi connectivity index (χ1) is 14.8. The molecule has 10 heteroatoms. The van der Waals surface area contributed by atoms with E-state index in [1.54, 1.807) is 24.3 Å². The lowest BCUT2D eigenvalue weighted by molar-refractivity contribution is -0.120. The number of hydrogen-bond donors (Lipinski definition) is 1. The number of sulfonamides is 1. The summed E-state index contributed by atoms with van der Waals surface area (Å²) in [6, 6.07) is 13.3. The molecule has 162 valence electrons. The van der Waals surface area contributed by atoms with Crippen molar-refractivity contribution in [3.8, 4) is 11.3 Å². The van der Waals surface area contributed by atoms with E-state index < -0.39 is 15.9 Å². The van der Waals surface area contributed by atoms with Crippen molar-refractivity contribution in [2.75, 3.05) is 18.4 Å². The smallest absolute Gasteiger partial charge is 0.243 e. The number of aromatic nitrogens is 1. The number of halogens is 2. The van der Waals surface area contributed by atoms with Crippen molar-refractivity contribution in [3.05, 3.63) is 64.0 Å². The normalized spacial score (nSPS) is 17.4. The summed E-state index contributed by atoms with van der Waals surface area (Å²) in [6.45, 7) is 0.513. The van der Waals surface area contributed by atoms with E-state index in [9.17, 15) is 13.2 Å². The molecule has 1 saturated heterocycles. The number of hydrogen-bond acceptors (Lipinski definition) is 5. The lowest BCUT2D eigenvalue weighted by atomic mass is 9.99. The zero-order chi connectivity index (χ0) is 22.0. The van der Waals surface area contributed by atoms with Gasteiger partial charge < -0.3 is 5.32 Å². The molecular weight excluding hydrogens is 477 g/mol. The maximum absolute atomic E-state index is 12.9. The molecule has 0 radical (unpaired) electrons. The van der Waals surface area contributed by atoms with E-state index in [0.29, 0.717) is 34.6 Å². The van der Waals surface area contributed by atoms with Crippen molar-refractivity contribution in [1.82, 2.24) is 9.29 Å². The SMILES string of the molecule is O=C(Nc1nc(-c2ccc(Cl)cc2)cs1)C1CCCN(S(=O)(=O)c2ccc(Cl)cc2)C1. The molecule has 2 heterocycles.